The first-order chi connectivity index (χ1) is 46.0. The molecule has 3 N–H and O–H groups in total. The highest BCUT2D eigenvalue weighted by molar-refractivity contribution is 7.47. The van der Waals surface area contributed by atoms with Crippen LogP contribution in [0.2, 0.25) is 0 Å². The molecule has 0 fully saturated rings. The van der Waals surface area contributed by atoms with Crippen molar-refractivity contribution in [2.75, 3.05) is 39.6 Å². The van der Waals surface area contributed by atoms with Gasteiger partial charge in [0.1, 0.15) is 19.3 Å². The van der Waals surface area contributed by atoms with E-state index in [1.54, 1.807) is 0 Å². The Morgan fingerprint density at radius 1 is 0.326 bits per heavy atom. The normalized spacial score (nSPS) is 14.1. The number of carbonyl (C=O) groups excluding carboxylic acids is 4. The van der Waals surface area contributed by atoms with Crippen LogP contribution in [0.25, 0.3) is 0 Å². The van der Waals surface area contributed by atoms with E-state index in [1.165, 1.54) is 186 Å². The molecule has 0 aliphatic heterocycles. The average Bonchev–Trinajstić information content (AvgIpc) is 1.36. The summed E-state index contributed by atoms with van der Waals surface area (Å²) in [5.41, 5.74) is 0. The van der Waals surface area contributed by atoms with E-state index in [0.717, 1.165) is 109 Å². The summed E-state index contributed by atoms with van der Waals surface area (Å²) in [5.74, 6) is -1.37. The summed E-state index contributed by atoms with van der Waals surface area (Å²) in [5, 5.41) is 10.6. The lowest BCUT2D eigenvalue weighted by atomic mass is 10.0. The SMILES string of the molecule is CCCCCC/C=C\C=C/CCCCCCCC(=O)O[C@H](COC(=O)CCCCCCCCCCCCCC(C)C)COP(=O)(O)OC[C@@H](O)COP(=O)(O)OC[C@@H](COC(=O)CCCCCCCCCCCCCCC)OC(=O)CCCCCCCCCCCCCCC. The van der Waals surface area contributed by atoms with Gasteiger partial charge in [0.05, 0.1) is 26.4 Å². The third-order valence-corrected chi connectivity index (χ3v) is 19.1. The quantitative estimate of drug-likeness (QED) is 0.0169. The van der Waals surface area contributed by atoms with Gasteiger partial charge in [0.25, 0.3) is 0 Å². The number of phosphoric ester groups is 2. The highest BCUT2D eigenvalue weighted by Gasteiger charge is 2.30. The lowest BCUT2D eigenvalue weighted by molar-refractivity contribution is -0.161. The van der Waals surface area contributed by atoms with Gasteiger partial charge in [-0.15, -0.1) is 0 Å². The number of hydrogen-bond donors (Lipinski definition) is 3. The van der Waals surface area contributed by atoms with Crippen molar-refractivity contribution in [2.45, 2.75) is 393 Å². The van der Waals surface area contributed by atoms with E-state index < -0.39 is 97.5 Å². The second-order valence-corrected chi connectivity index (χ2v) is 30.1. The lowest BCUT2D eigenvalue weighted by Gasteiger charge is -2.21. The first kappa shape index (κ1) is 92.5. The van der Waals surface area contributed by atoms with Gasteiger partial charge in [-0.25, -0.2) is 9.13 Å². The van der Waals surface area contributed by atoms with E-state index in [-0.39, 0.29) is 25.7 Å². The Morgan fingerprint density at radius 3 is 0.863 bits per heavy atom. The van der Waals surface area contributed by atoms with Crippen LogP contribution >= 0.6 is 15.6 Å². The van der Waals surface area contributed by atoms with Gasteiger partial charge in [0.2, 0.25) is 0 Å². The highest BCUT2D eigenvalue weighted by Crippen LogP contribution is 2.45. The zero-order valence-electron chi connectivity index (χ0n) is 61.3. The molecule has 0 saturated carbocycles. The van der Waals surface area contributed by atoms with Gasteiger partial charge in [0, 0.05) is 25.7 Å². The van der Waals surface area contributed by atoms with Crippen molar-refractivity contribution in [1.29, 1.82) is 0 Å². The molecule has 0 radical (unpaired) electrons. The van der Waals surface area contributed by atoms with Crippen LogP contribution in [0.1, 0.15) is 375 Å². The molecule has 560 valence electrons. The number of phosphoric acid groups is 2. The third kappa shape index (κ3) is 69.8. The lowest BCUT2D eigenvalue weighted by Crippen LogP contribution is -2.30. The van der Waals surface area contributed by atoms with Crippen molar-refractivity contribution in [3.05, 3.63) is 24.3 Å². The molecule has 0 amide bonds. The van der Waals surface area contributed by atoms with Crippen LogP contribution < -0.4 is 0 Å². The van der Waals surface area contributed by atoms with Gasteiger partial charge in [-0.3, -0.25) is 37.3 Å². The summed E-state index contributed by atoms with van der Waals surface area (Å²) >= 11 is 0. The second kappa shape index (κ2) is 68.7. The molecule has 19 heteroatoms. The van der Waals surface area contributed by atoms with Crippen molar-refractivity contribution in [3.8, 4) is 0 Å². The van der Waals surface area contributed by atoms with E-state index in [9.17, 15) is 43.2 Å². The fraction of sp³-hybridized carbons (Fsp3) is 0.895. The first-order valence-corrected chi connectivity index (χ1v) is 41.9. The van der Waals surface area contributed by atoms with E-state index in [1.807, 2.05) is 0 Å². The predicted molar refractivity (Wildman–Crippen MR) is 386 cm³/mol. The molecule has 0 aromatic heterocycles. The molecule has 0 aliphatic carbocycles. The Morgan fingerprint density at radius 2 is 0.568 bits per heavy atom. The van der Waals surface area contributed by atoms with Crippen LogP contribution in [0.3, 0.4) is 0 Å². The molecule has 0 saturated heterocycles. The molecule has 5 atom stereocenters. The van der Waals surface area contributed by atoms with Crippen LogP contribution in [-0.4, -0.2) is 96.7 Å². The summed E-state index contributed by atoms with van der Waals surface area (Å²) in [6, 6.07) is 0. The maximum Gasteiger partial charge on any atom is 0.472 e. The number of esters is 4. The fourth-order valence-electron chi connectivity index (χ4n) is 11.2. The van der Waals surface area contributed by atoms with Crippen LogP contribution in [0.5, 0.6) is 0 Å². The number of allylic oxidation sites excluding steroid dienone is 4. The monoisotopic (exact) mass is 1390 g/mol. The van der Waals surface area contributed by atoms with Crippen LogP contribution in [-0.2, 0) is 65.4 Å². The number of unbranched alkanes of at least 4 members (excludes halogenated alkanes) is 43. The zero-order chi connectivity index (χ0) is 69.8. The molecule has 0 bridgehead atoms. The van der Waals surface area contributed by atoms with Crippen molar-refractivity contribution in [2.24, 2.45) is 5.92 Å². The van der Waals surface area contributed by atoms with E-state index in [4.69, 9.17) is 37.0 Å². The molecule has 0 heterocycles. The molecule has 0 aliphatic rings. The molecule has 2 unspecified atom stereocenters. The number of carbonyl (C=O) groups is 4. The molecule has 0 spiro atoms. The fourth-order valence-corrected chi connectivity index (χ4v) is 12.7. The molecular formula is C76H144O17P2. The largest absolute Gasteiger partial charge is 0.472 e. The van der Waals surface area contributed by atoms with E-state index in [2.05, 4.69) is 58.9 Å². The third-order valence-electron chi connectivity index (χ3n) is 17.2. The number of rotatable bonds is 74. The molecule has 0 aromatic carbocycles. The first-order valence-electron chi connectivity index (χ1n) is 39.0. The molecule has 0 rings (SSSR count). The molecule has 0 aromatic rings. The maximum absolute atomic E-state index is 13.1. The number of hydrogen-bond acceptors (Lipinski definition) is 15. The van der Waals surface area contributed by atoms with Gasteiger partial charge in [0.15, 0.2) is 12.2 Å². The van der Waals surface area contributed by atoms with Gasteiger partial charge in [-0.2, -0.15) is 0 Å². The minimum Gasteiger partial charge on any atom is -0.462 e. The Labute approximate surface area is 580 Å². The average molecular weight is 1390 g/mol. The van der Waals surface area contributed by atoms with Crippen LogP contribution in [0, 0.1) is 5.92 Å². The number of aliphatic hydroxyl groups is 1. The topological polar surface area (TPSA) is 237 Å². The molecular weight excluding hydrogens is 1250 g/mol. The van der Waals surface area contributed by atoms with Crippen molar-refractivity contribution < 1.29 is 80.2 Å². The minimum atomic E-state index is -4.96. The standard InChI is InChI=1S/C76H144O17P2/c1-6-9-12-15-18-21-24-27-28-31-36-42-47-52-57-62-76(81)93-72(66-87-74(79)60-55-50-45-40-37-32-33-38-43-48-53-58-69(4)5)68-91-95(84,85)89-64-70(77)63-88-94(82,83)90-67-71(92-75(80)61-56-51-46-41-35-30-26-23-20-17-14-11-8-3)65-86-73(78)59-54-49-44-39-34-29-25-22-19-16-13-10-7-2/h21,24,27-28,69-72,77H,6-20,22-23,25-26,29-68H2,1-5H3,(H,82,83)(H,84,85)/b24-21-,28-27-/t70-,71+,72+/m0/s1. The summed E-state index contributed by atoms with van der Waals surface area (Å²) in [6.07, 6.45) is 60.2. The predicted octanol–water partition coefficient (Wildman–Crippen LogP) is 22.0. The van der Waals surface area contributed by atoms with Crippen molar-refractivity contribution in [3.63, 3.8) is 0 Å². The summed E-state index contributed by atoms with van der Waals surface area (Å²) in [6.45, 7) is 7.23. The maximum atomic E-state index is 13.1. The Balaban J connectivity index is 5.30. The van der Waals surface area contributed by atoms with Crippen molar-refractivity contribution in [1.82, 2.24) is 0 Å². The molecule has 17 nitrogen and oxygen atoms in total. The van der Waals surface area contributed by atoms with Gasteiger partial charge in [-0.1, -0.05) is 322 Å². The zero-order valence-corrected chi connectivity index (χ0v) is 63.1. The smallest absolute Gasteiger partial charge is 0.462 e. The minimum absolute atomic E-state index is 0.0853. The van der Waals surface area contributed by atoms with Crippen LogP contribution in [0.15, 0.2) is 24.3 Å². The second-order valence-electron chi connectivity index (χ2n) is 27.2. The van der Waals surface area contributed by atoms with Gasteiger partial charge < -0.3 is 33.8 Å². The Kier molecular flexibility index (Phi) is 66.9. The number of ether oxygens (including phenoxy) is 4. The number of aliphatic hydroxyl groups excluding tert-OH is 1. The van der Waals surface area contributed by atoms with E-state index >= 15 is 0 Å². The van der Waals surface area contributed by atoms with E-state index in [0.29, 0.717) is 25.7 Å². The Hall–Kier alpha value is -2.46. The summed E-state index contributed by atoms with van der Waals surface area (Å²) < 4.78 is 68.5. The Bertz CT molecular complexity index is 1920. The summed E-state index contributed by atoms with van der Waals surface area (Å²) in [4.78, 5) is 72.8. The summed E-state index contributed by atoms with van der Waals surface area (Å²) in [7, 11) is -9.92. The van der Waals surface area contributed by atoms with Crippen molar-refractivity contribution >= 4 is 39.5 Å². The molecule has 95 heavy (non-hydrogen) atoms. The highest BCUT2D eigenvalue weighted by atomic mass is 31.2. The van der Waals surface area contributed by atoms with Crippen LogP contribution in [0.4, 0.5) is 0 Å². The van der Waals surface area contributed by atoms with Gasteiger partial charge in [-0.05, 0) is 57.3 Å². The van der Waals surface area contributed by atoms with Gasteiger partial charge >= 0.3 is 39.5 Å².